The van der Waals surface area contributed by atoms with Gasteiger partial charge < -0.3 is 10.6 Å². The van der Waals surface area contributed by atoms with Gasteiger partial charge in [-0.3, -0.25) is 9.59 Å². The number of para-hydroxylation sites is 1. The van der Waals surface area contributed by atoms with Gasteiger partial charge in [-0.05, 0) is 42.7 Å². The van der Waals surface area contributed by atoms with Gasteiger partial charge in [-0.25, -0.2) is 0 Å². The van der Waals surface area contributed by atoms with Crippen molar-refractivity contribution in [2.45, 2.75) is 40.0 Å². The first kappa shape index (κ1) is 18.2. The van der Waals surface area contributed by atoms with Crippen molar-refractivity contribution in [2.24, 2.45) is 11.8 Å². The Hall–Kier alpha value is -2.62. The second-order valence-electron chi connectivity index (χ2n) is 7.48. The zero-order chi connectivity index (χ0) is 18.7. The standard InChI is InChI=1S/C22H26N2O2/c1-14(2)7-6-8-15(3)21(25)16-11-12-19-20(13-16)24-22(26)17-9-4-5-10-18(17)23-19/h4-5,9-15,23H,6-8H2,1-3H3,(H,24,26). The molecule has 1 amide bonds. The average Bonchev–Trinajstić information content (AvgIpc) is 2.76. The summed E-state index contributed by atoms with van der Waals surface area (Å²) in [5.41, 5.74) is 3.45. The lowest BCUT2D eigenvalue weighted by atomic mass is 9.92. The van der Waals surface area contributed by atoms with Crippen molar-refractivity contribution in [3.63, 3.8) is 0 Å². The van der Waals surface area contributed by atoms with Crippen molar-refractivity contribution in [2.75, 3.05) is 10.6 Å². The molecule has 0 bridgehead atoms. The Kier molecular flexibility index (Phi) is 5.40. The van der Waals surface area contributed by atoms with Gasteiger partial charge in [-0.2, -0.15) is 0 Å². The number of ketones is 1. The molecule has 0 fully saturated rings. The molecule has 0 radical (unpaired) electrons. The van der Waals surface area contributed by atoms with E-state index >= 15 is 0 Å². The van der Waals surface area contributed by atoms with Crippen LogP contribution in [0.3, 0.4) is 0 Å². The van der Waals surface area contributed by atoms with Crippen LogP contribution in [0.5, 0.6) is 0 Å². The zero-order valence-electron chi connectivity index (χ0n) is 15.6. The third-order valence-electron chi connectivity index (χ3n) is 4.86. The summed E-state index contributed by atoms with van der Waals surface area (Å²) in [5, 5.41) is 6.20. The van der Waals surface area contributed by atoms with Crippen LogP contribution in [0.1, 0.15) is 60.7 Å². The monoisotopic (exact) mass is 350 g/mol. The summed E-state index contributed by atoms with van der Waals surface area (Å²) in [4.78, 5) is 25.2. The van der Waals surface area contributed by atoms with Crippen molar-refractivity contribution < 1.29 is 9.59 Å². The Bertz CT molecular complexity index is 827. The van der Waals surface area contributed by atoms with E-state index in [1.807, 2.05) is 37.3 Å². The molecule has 1 unspecified atom stereocenters. The topological polar surface area (TPSA) is 58.2 Å². The SMILES string of the molecule is CC(C)CCCC(C)C(=O)c1ccc2c(c1)NC(=O)c1ccccc1N2. The van der Waals surface area contributed by atoms with Gasteiger partial charge in [0.05, 0.1) is 22.6 Å². The Morgan fingerprint density at radius 3 is 2.46 bits per heavy atom. The fraction of sp³-hybridized carbons (Fsp3) is 0.364. The Balaban J connectivity index is 1.78. The van der Waals surface area contributed by atoms with Crippen LogP contribution in [-0.4, -0.2) is 11.7 Å². The van der Waals surface area contributed by atoms with Crippen molar-refractivity contribution in [3.8, 4) is 0 Å². The van der Waals surface area contributed by atoms with E-state index in [0.717, 1.165) is 30.6 Å². The highest BCUT2D eigenvalue weighted by Gasteiger charge is 2.21. The van der Waals surface area contributed by atoms with Gasteiger partial charge in [0.25, 0.3) is 5.91 Å². The minimum Gasteiger partial charge on any atom is -0.353 e. The van der Waals surface area contributed by atoms with E-state index in [1.165, 1.54) is 0 Å². The second kappa shape index (κ2) is 7.73. The highest BCUT2D eigenvalue weighted by atomic mass is 16.1. The Morgan fingerprint density at radius 2 is 1.69 bits per heavy atom. The molecule has 0 aliphatic carbocycles. The molecule has 0 aromatic heterocycles. The fourth-order valence-electron chi connectivity index (χ4n) is 3.28. The van der Waals surface area contributed by atoms with Gasteiger partial charge in [-0.1, -0.05) is 45.7 Å². The molecular weight excluding hydrogens is 324 g/mol. The maximum atomic E-state index is 12.8. The largest absolute Gasteiger partial charge is 0.353 e. The molecule has 3 rings (SSSR count). The lowest BCUT2D eigenvalue weighted by Crippen LogP contribution is -2.14. The second-order valence-corrected chi connectivity index (χ2v) is 7.48. The summed E-state index contributed by atoms with van der Waals surface area (Å²) in [6, 6.07) is 12.9. The third kappa shape index (κ3) is 3.96. The molecule has 1 aliphatic rings. The van der Waals surface area contributed by atoms with Crippen LogP contribution in [-0.2, 0) is 0 Å². The maximum Gasteiger partial charge on any atom is 0.257 e. The van der Waals surface area contributed by atoms with Gasteiger partial charge in [0.2, 0.25) is 0 Å². The summed E-state index contributed by atoms with van der Waals surface area (Å²) < 4.78 is 0. The smallest absolute Gasteiger partial charge is 0.257 e. The van der Waals surface area contributed by atoms with Crippen LogP contribution < -0.4 is 10.6 Å². The number of hydrogen-bond donors (Lipinski definition) is 2. The molecule has 2 N–H and O–H groups in total. The number of anilines is 3. The number of rotatable bonds is 6. The van der Waals surface area contributed by atoms with Crippen LogP contribution in [0.15, 0.2) is 42.5 Å². The lowest BCUT2D eigenvalue weighted by molar-refractivity contribution is 0.0921. The van der Waals surface area contributed by atoms with E-state index in [1.54, 1.807) is 12.1 Å². The quantitative estimate of drug-likeness (QED) is 0.663. The molecule has 4 heteroatoms. The van der Waals surface area contributed by atoms with E-state index in [2.05, 4.69) is 24.5 Å². The normalized spacial score (nSPS) is 13.9. The number of fused-ring (bicyclic) bond motifs is 2. The predicted molar refractivity (Wildman–Crippen MR) is 106 cm³/mol. The van der Waals surface area contributed by atoms with E-state index < -0.39 is 0 Å². The van der Waals surface area contributed by atoms with E-state index in [9.17, 15) is 9.59 Å². The molecule has 136 valence electrons. The van der Waals surface area contributed by atoms with Crippen LogP contribution in [0.2, 0.25) is 0 Å². The van der Waals surface area contributed by atoms with Crippen molar-refractivity contribution in [1.82, 2.24) is 0 Å². The first-order chi connectivity index (χ1) is 12.5. The number of hydrogen-bond acceptors (Lipinski definition) is 3. The Morgan fingerprint density at radius 1 is 0.923 bits per heavy atom. The molecule has 1 aliphatic heterocycles. The summed E-state index contributed by atoms with van der Waals surface area (Å²) in [6.07, 6.45) is 3.09. The van der Waals surface area contributed by atoms with Crippen LogP contribution in [0.25, 0.3) is 0 Å². The van der Waals surface area contributed by atoms with Gasteiger partial charge in [0, 0.05) is 11.5 Å². The molecule has 2 aromatic carbocycles. The summed E-state index contributed by atoms with van der Waals surface area (Å²) in [5.74, 6) is 0.611. The van der Waals surface area contributed by atoms with Gasteiger partial charge in [-0.15, -0.1) is 0 Å². The van der Waals surface area contributed by atoms with Crippen molar-refractivity contribution in [3.05, 3.63) is 53.6 Å². The first-order valence-corrected chi connectivity index (χ1v) is 9.31. The minimum absolute atomic E-state index is 0.0153. The van der Waals surface area contributed by atoms with Gasteiger partial charge in [0.15, 0.2) is 5.78 Å². The van der Waals surface area contributed by atoms with Crippen LogP contribution in [0.4, 0.5) is 17.1 Å². The van der Waals surface area contributed by atoms with Gasteiger partial charge >= 0.3 is 0 Å². The molecule has 0 saturated heterocycles. The highest BCUT2D eigenvalue weighted by Crippen LogP contribution is 2.33. The fourth-order valence-corrected chi connectivity index (χ4v) is 3.28. The number of carbonyl (C=O) groups is 2. The third-order valence-corrected chi connectivity index (χ3v) is 4.86. The lowest BCUT2D eigenvalue weighted by Gasteiger charge is -2.14. The maximum absolute atomic E-state index is 12.8. The molecule has 1 atom stereocenters. The van der Waals surface area contributed by atoms with Crippen molar-refractivity contribution >= 4 is 28.8 Å². The summed E-state index contributed by atoms with van der Waals surface area (Å²) in [6.45, 7) is 6.39. The van der Waals surface area contributed by atoms with Crippen LogP contribution in [0, 0.1) is 11.8 Å². The molecule has 1 heterocycles. The van der Waals surface area contributed by atoms with Crippen LogP contribution >= 0.6 is 0 Å². The zero-order valence-corrected chi connectivity index (χ0v) is 15.6. The van der Waals surface area contributed by atoms with E-state index in [0.29, 0.717) is 22.7 Å². The molecule has 4 nitrogen and oxygen atoms in total. The Labute approximate surface area is 155 Å². The van der Waals surface area contributed by atoms with E-state index in [4.69, 9.17) is 0 Å². The number of carbonyl (C=O) groups excluding carboxylic acids is 2. The summed E-state index contributed by atoms with van der Waals surface area (Å²) in [7, 11) is 0. The predicted octanol–water partition coefficient (Wildman–Crippen LogP) is 5.64. The average molecular weight is 350 g/mol. The number of nitrogens with one attached hydrogen (secondary N) is 2. The molecular formula is C22H26N2O2. The number of amides is 1. The number of benzene rings is 2. The first-order valence-electron chi connectivity index (χ1n) is 9.31. The molecule has 0 saturated carbocycles. The highest BCUT2D eigenvalue weighted by molar-refractivity contribution is 6.12. The van der Waals surface area contributed by atoms with Gasteiger partial charge in [0.1, 0.15) is 0 Å². The summed E-state index contributed by atoms with van der Waals surface area (Å²) >= 11 is 0. The molecule has 2 aromatic rings. The molecule has 0 spiro atoms. The molecule has 26 heavy (non-hydrogen) atoms. The minimum atomic E-state index is -0.165. The number of Topliss-reactive ketones (excluding diaryl/α,β-unsaturated/α-hetero) is 1. The van der Waals surface area contributed by atoms with E-state index in [-0.39, 0.29) is 17.6 Å². The van der Waals surface area contributed by atoms with Crippen molar-refractivity contribution in [1.29, 1.82) is 0 Å².